The summed E-state index contributed by atoms with van der Waals surface area (Å²) in [5, 5.41) is 11.2. The topological polar surface area (TPSA) is 49.8 Å². The Morgan fingerprint density at radius 3 is 1.97 bits per heavy atom. The average Bonchev–Trinajstić information content (AvgIpc) is 3.30. The lowest BCUT2D eigenvalue weighted by molar-refractivity contribution is -0.0572. The van der Waals surface area contributed by atoms with Gasteiger partial charge in [-0.1, -0.05) is 54.6 Å². The van der Waals surface area contributed by atoms with E-state index in [1.54, 1.807) is 4.90 Å². The molecule has 3 aliphatic rings. The van der Waals surface area contributed by atoms with Gasteiger partial charge in [0, 0.05) is 30.8 Å². The molecule has 6 rings (SSSR count). The lowest BCUT2D eigenvalue weighted by atomic mass is 9.80. The molecule has 6 heteroatoms. The third-order valence-corrected chi connectivity index (χ3v) is 7.74. The van der Waals surface area contributed by atoms with E-state index in [9.17, 15) is 18.7 Å². The van der Waals surface area contributed by atoms with Crippen LogP contribution in [0.3, 0.4) is 0 Å². The predicted molar refractivity (Wildman–Crippen MR) is 123 cm³/mol. The maximum Gasteiger partial charge on any atom is 0.410 e. The second kappa shape index (κ2) is 7.91. The Bertz CT molecular complexity index is 1200. The Labute approximate surface area is 196 Å². The molecular formula is C28H25F2NO3. The Kier molecular flexibility index (Phi) is 4.96. The molecule has 0 saturated carbocycles. The third kappa shape index (κ3) is 3.23. The number of benzene rings is 3. The molecule has 1 aliphatic carbocycles. The highest BCUT2D eigenvalue weighted by atomic mass is 19.1. The van der Waals surface area contributed by atoms with Gasteiger partial charge >= 0.3 is 6.09 Å². The Morgan fingerprint density at radius 2 is 1.41 bits per heavy atom. The van der Waals surface area contributed by atoms with Gasteiger partial charge in [0.15, 0.2) is 0 Å². The molecule has 174 valence electrons. The van der Waals surface area contributed by atoms with Crippen LogP contribution in [0.15, 0.2) is 66.7 Å². The van der Waals surface area contributed by atoms with Gasteiger partial charge in [-0.05, 0) is 47.2 Å². The molecule has 34 heavy (non-hydrogen) atoms. The normalized spacial score (nSPS) is 25.2. The largest absolute Gasteiger partial charge is 0.448 e. The van der Waals surface area contributed by atoms with Crippen molar-refractivity contribution in [1.82, 2.24) is 4.90 Å². The average molecular weight is 462 g/mol. The number of carbonyl (C=O) groups is 1. The molecule has 1 N–H and O–H groups in total. The van der Waals surface area contributed by atoms with Crippen molar-refractivity contribution >= 4 is 6.09 Å². The van der Waals surface area contributed by atoms with Gasteiger partial charge in [-0.15, -0.1) is 0 Å². The van der Waals surface area contributed by atoms with Crippen LogP contribution in [0.2, 0.25) is 0 Å². The predicted octanol–water partition coefficient (Wildman–Crippen LogP) is 5.73. The van der Waals surface area contributed by atoms with E-state index >= 15 is 0 Å². The summed E-state index contributed by atoms with van der Waals surface area (Å²) in [5.74, 6) is -1.55. The van der Waals surface area contributed by atoms with Crippen LogP contribution in [0.5, 0.6) is 0 Å². The Morgan fingerprint density at radius 1 is 0.882 bits per heavy atom. The van der Waals surface area contributed by atoms with Gasteiger partial charge in [0.2, 0.25) is 0 Å². The summed E-state index contributed by atoms with van der Waals surface area (Å²) < 4.78 is 34.7. The minimum atomic E-state index is -1.64. The molecule has 3 aromatic rings. The van der Waals surface area contributed by atoms with E-state index in [0.717, 1.165) is 34.4 Å². The van der Waals surface area contributed by atoms with Crippen LogP contribution in [-0.4, -0.2) is 34.8 Å². The number of hydrogen-bond acceptors (Lipinski definition) is 3. The minimum Gasteiger partial charge on any atom is -0.448 e. The fourth-order valence-corrected chi connectivity index (χ4v) is 6.34. The molecule has 0 aromatic heterocycles. The first kappa shape index (κ1) is 21.3. The van der Waals surface area contributed by atoms with E-state index in [2.05, 4.69) is 24.3 Å². The summed E-state index contributed by atoms with van der Waals surface area (Å²) in [6.45, 7) is 0.217. The number of ether oxygens (including phenoxy) is 1. The third-order valence-electron chi connectivity index (χ3n) is 7.74. The van der Waals surface area contributed by atoms with E-state index in [1.807, 2.05) is 24.3 Å². The molecule has 1 amide bonds. The van der Waals surface area contributed by atoms with Crippen molar-refractivity contribution in [3.05, 3.63) is 95.1 Å². The first-order chi connectivity index (χ1) is 16.5. The smallest absolute Gasteiger partial charge is 0.410 e. The molecule has 3 aromatic carbocycles. The van der Waals surface area contributed by atoms with Gasteiger partial charge in [0.05, 0.1) is 11.2 Å². The highest BCUT2D eigenvalue weighted by Gasteiger charge is 2.52. The van der Waals surface area contributed by atoms with E-state index in [4.69, 9.17) is 4.74 Å². The van der Waals surface area contributed by atoms with Crippen molar-refractivity contribution in [2.75, 3.05) is 6.61 Å². The summed E-state index contributed by atoms with van der Waals surface area (Å²) in [6.07, 6.45) is 1.10. The molecule has 2 aliphatic heterocycles. The molecule has 0 spiro atoms. The number of carbonyl (C=O) groups excluding carboxylic acids is 1. The first-order valence-electron chi connectivity index (χ1n) is 11.8. The monoisotopic (exact) mass is 461 g/mol. The highest BCUT2D eigenvalue weighted by Crippen LogP contribution is 2.48. The lowest BCUT2D eigenvalue weighted by Gasteiger charge is -2.43. The number of fused-ring (bicyclic) bond motifs is 5. The van der Waals surface area contributed by atoms with Crippen LogP contribution < -0.4 is 0 Å². The van der Waals surface area contributed by atoms with E-state index < -0.39 is 23.3 Å². The minimum absolute atomic E-state index is 0.0387. The van der Waals surface area contributed by atoms with Crippen LogP contribution in [0.1, 0.15) is 48.3 Å². The number of piperidine rings is 1. The molecule has 2 saturated heterocycles. The van der Waals surface area contributed by atoms with Crippen LogP contribution in [-0.2, 0) is 10.3 Å². The van der Waals surface area contributed by atoms with Crippen molar-refractivity contribution < 1.29 is 23.4 Å². The summed E-state index contributed by atoms with van der Waals surface area (Å²) in [5.41, 5.74) is 2.67. The molecule has 2 heterocycles. The Balaban J connectivity index is 1.20. The van der Waals surface area contributed by atoms with E-state index in [-0.39, 0.29) is 43.0 Å². The van der Waals surface area contributed by atoms with Gasteiger partial charge in [-0.2, -0.15) is 0 Å². The zero-order chi connectivity index (χ0) is 23.4. The highest BCUT2D eigenvalue weighted by molar-refractivity contribution is 5.79. The fourth-order valence-electron chi connectivity index (χ4n) is 6.34. The van der Waals surface area contributed by atoms with Crippen molar-refractivity contribution in [2.24, 2.45) is 0 Å². The number of amides is 1. The summed E-state index contributed by atoms with van der Waals surface area (Å²) in [6, 6.07) is 19.3. The number of nitrogens with zero attached hydrogens (tertiary/aromatic N) is 1. The molecule has 2 unspecified atom stereocenters. The number of rotatable bonds is 3. The van der Waals surface area contributed by atoms with Crippen LogP contribution in [0.4, 0.5) is 13.6 Å². The van der Waals surface area contributed by atoms with Crippen molar-refractivity contribution in [2.45, 2.75) is 49.3 Å². The number of hydrogen-bond donors (Lipinski definition) is 1. The number of halogens is 2. The molecule has 2 atom stereocenters. The van der Waals surface area contributed by atoms with Gasteiger partial charge in [-0.3, -0.25) is 0 Å². The Hall–Kier alpha value is -3.25. The fraction of sp³-hybridized carbons (Fsp3) is 0.321. The van der Waals surface area contributed by atoms with E-state index in [1.165, 1.54) is 6.07 Å². The summed E-state index contributed by atoms with van der Waals surface area (Å²) in [4.78, 5) is 14.9. The van der Waals surface area contributed by atoms with Crippen molar-refractivity contribution in [3.8, 4) is 11.1 Å². The van der Waals surface area contributed by atoms with Gasteiger partial charge in [0.25, 0.3) is 0 Å². The zero-order valence-corrected chi connectivity index (χ0v) is 18.6. The standard InChI is InChI=1S/C28H25F2NO3/c29-24-10-5-11-25(30)26(24)28(33)14-17-12-13-18(15-28)31(17)27(32)34-16-23-21-8-3-1-6-19(21)20-7-2-4-9-22(20)23/h1-11,17-18,23,33H,12-16H2. The maximum atomic E-state index is 14.4. The summed E-state index contributed by atoms with van der Waals surface area (Å²) in [7, 11) is 0. The quantitative estimate of drug-likeness (QED) is 0.542. The summed E-state index contributed by atoms with van der Waals surface area (Å²) >= 11 is 0. The second-order valence-electron chi connectivity index (χ2n) is 9.63. The van der Waals surface area contributed by atoms with Crippen LogP contribution >= 0.6 is 0 Å². The van der Waals surface area contributed by atoms with Gasteiger partial charge < -0.3 is 14.7 Å². The molecule has 2 bridgehead atoms. The zero-order valence-electron chi connectivity index (χ0n) is 18.6. The molecule has 2 fully saturated rings. The van der Waals surface area contributed by atoms with Gasteiger partial charge in [-0.25, -0.2) is 13.6 Å². The van der Waals surface area contributed by atoms with Gasteiger partial charge in [0.1, 0.15) is 18.2 Å². The SMILES string of the molecule is O=C(OCC1c2ccccc2-c2ccccc21)N1C2CCC1CC(O)(c1c(F)cccc1F)C2. The molecule has 0 radical (unpaired) electrons. The lowest BCUT2D eigenvalue weighted by Crippen LogP contribution is -2.52. The van der Waals surface area contributed by atoms with E-state index in [0.29, 0.717) is 12.8 Å². The van der Waals surface area contributed by atoms with Crippen molar-refractivity contribution in [1.29, 1.82) is 0 Å². The number of aliphatic hydroxyl groups is 1. The second-order valence-corrected chi connectivity index (χ2v) is 9.63. The maximum absolute atomic E-state index is 14.4. The van der Waals surface area contributed by atoms with Crippen molar-refractivity contribution in [3.63, 3.8) is 0 Å². The van der Waals surface area contributed by atoms with Crippen LogP contribution in [0.25, 0.3) is 11.1 Å². The molecule has 4 nitrogen and oxygen atoms in total. The van der Waals surface area contributed by atoms with Crippen LogP contribution in [0, 0.1) is 11.6 Å². The first-order valence-corrected chi connectivity index (χ1v) is 11.8. The molecular weight excluding hydrogens is 436 g/mol.